The summed E-state index contributed by atoms with van der Waals surface area (Å²) in [6.07, 6.45) is 0. The minimum atomic E-state index is -0.631. The van der Waals surface area contributed by atoms with E-state index in [4.69, 9.17) is 0 Å². The summed E-state index contributed by atoms with van der Waals surface area (Å²) < 4.78 is 39.5. The molecule has 0 atom stereocenters. The highest BCUT2D eigenvalue weighted by Crippen LogP contribution is 2.52. The van der Waals surface area contributed by atoms with Crippen molar-refractivity contribution in [1.82, 2.24) is 9.13 Å². The lowest BCUT2D eigenvalue weighted by atomic mass is 9.33. The Labute approximate surface area is 426 Å². The van der Waals surface area contributed by atoms with Gasteiger partial charge < -0.3 is 18.9 Å². The van der Waals surface area contributed by atoms with Crippen molar-refractivity contribution in [2.75, 3.05) is 9.80 Å². The van der Waals surface area contributed by atoms with Gasteiger partial charge in [0.15, 0.2) is 0 Å². The molecule has 11 aromatic rings. The van der Waals surface area contributed by atoms with Gasteiger partial charge in [0.25, 0.3) is 6.71 Å². The second kappa shape index (κ2) is 15.8. The highest BCUT2D eigenvalue weighted by molar-refractivity contribution is 7.01. The van der Waals surface area contributed by atoms with Crippen LogP contribution in [0.4, 0.5) is 42.9 Å². The Kier molecular flexibility index (Phi) is 9.74. The largest absolute Gasteiger partial charge is 0.344 e. The van der Waals surface area contributed by atoms with Crippen LogP contribution in [0.15, 0.2) is 164 Å². The lowest BCUT2D eigenvalue weighted by Crippen LogP contribution is -2.62. The van der Waals surface area contributed by atoms with Gasteiger partial charge in [0.2, 0.25) is 0 Å². The molecular weight excluding hydrogens is 898 g/mol. The number of anilines is 6. The molecular formula is C66H57BF2N4. The molecule has 358 valence electrons. The van der Waals surface area contributed by atoms with Crippen molar-refractivity contribution >= 4 is 101 Å². The Morgan fingerprint density at radius 1 is 0.438 bits per heavy atom. The van der Waals surface area contributed by atoms with Gasteiger partial charge in [-0.2, -0.15) is 0 Å². The second-order valence-corrected chi connectivity index (χ2v) is 22.8. The number of hydrogen-bond donors (Lipinski definition) is 0. The molecule has 0 aliphatic carbocycles. The number of aryl methyl sites for hydroxylation is 4. The molecule has 0 amide bonds. The molecule has 0 spiro atoms. The number of fused-ring (bicyclic) bond motifs is 11. The van der Waals surface area contributed by atoms with Gasteiger partial charge in [-0.1, -0.05) is 155 Å². The summed E-state index contributed by atoms with van der Waals surface area (Å²) in [4.78, 5) is 4.40. The first-order valence-electron chi connectivity index (χ1n) is 25.6. The van der Waals surface area contributed by atoms with Crippen LogP contribution in [-0.4, -0.2) is 15.8 Å². The van der Waals surface area contributed by atoms with Gasteiger partial charge in [-0.15, -0.1) is 0 Å². The summed E-state index contributed by atoms with van der Waals surface area (Å²) in [5.74, 6) is -1.26. The molecule has 73 heavy (non-hydrogen) atoms. The number of nitrogens with zero attached hydrogens (tertiary/aromatic N) is 4. The van der Waals surface area contributed by atoms with E-state index in [0.717, 1.165) is 116 Å². The SMILES string of the molecule is Cc1cc(C)cc(-c2cc(C)ccc2N2c3ccc(C(C)(C)C)cc3B3c4c2cc(C(C)(C)C)cc4N(c2c(F)cccc2F)c2cc(-n4c5ccccc5c5ccccc54)c4c5ccccc5n(C)c4c23)c1. The van der Waals surface area contributed by atoms with Crippen LogP contribution in [0.25, 0.3) is 60.4 Å². The van der Waals surface area contributed by atoms with E-state index in [1.807, 2.05) is 4.90 Å². The first-order valence-corrected chi connectivity index (χ1v) is 25.6. The van der Waals surface area contributed by atoms with E-state index in [9.17, 15) is 0 Å². The summed E-state index contributed by atoms with van der Waals surface area (Å²) in [5, 5.41) is 4.47. The first-order chi connectivity index (χ1) is 35.0. The monoisotopic (exact) mass is 954 g/mol. The Morgan fingerprint density at radius 3 is 1.63 bits per heavy atom. The van der Waals surface area contributed by atoms with Crippen LogP contribution in [0.5, 0.6) is 0 Å². The van der Waals surface area contributed by atoms with Crippen molar-refractivity contribution in [1.29, 1.82) is 0 Å². The summed E-state index contributed by atoms with van der Waals surface area (Å²) in [7, 11) is 2.16. The van der Waals surface area contributed by atoms with E-state index in [2.05, 4.69) is 229 Å². The van der Waals surface area contributed by atoms with Crippen LogP contribution in [0, 0.1) is 32.4 Å². The van der Waals surface area contributed by atoms with Crippen LogP contribution in [0.3, 0.4) is 0 Å². The number of aromatic nitrogens is 2. The van der Waals surface area contributed by atoms with E-state index in [0.29, 0.717) is 0 Å². The minimum absolute atomic E-state index is 0.103. The number of para-hydroxylation sites is 4. The lowest BCUT2D eigenvalue weighted by molar-refractivity contribution is 0.584. The van der Waals surface area contributed by atoms with Crippen molar-refractivity contribution < 1.29 is 8.78 Å². The fourth-order valence-electron chi connectivity index (χ4n) is 12.5. The van der Waals surface area contributed by atoms with Crippen LogP contribution in [0.2, 0.25) is 0 Å². The van der Waals surface area contributed by atoms with E-state index in [1.54, 1.807) is 0 Å². The molecule has 0 saturated heterocycles. The van der Waals surface area contributed by atoms with Gasteiger partial charge in [-0.25, -0.2) is 8.78 Å². The standard InChI is InChI=1S/C66H57BF2N4/c1-38-26-28-54(47(33-38)41-31-39(2)30-40(3)32-41)72-55-29-27-42(65(4,5)6)34-48(55)67-61-57(72)35-43(66(7,8)9)36-58(61)73(63-49(68)21-17-22-50(63)69)59-37-56(60-46-20-13-14-23-51(46)70(10)64(60)62(59)67)71-52-24-15-11-18-44(52)45-19-12-16-25-53(45)71/h11-37H,1-10H3. The van der Waals surface area contributed by atoms with Crippen molar-refractivity contribution in [3.05, 3.63) is 203 Å². The molecule has 9 aromatic carbocycles. The highest BCUT2D eigenvalue weighted by atomic mass is 19.1. The smallest absolute Gasteiger partial charge is 0.254 e. The van der Waals surface area contributed by atoms with E-state index >= 15 is 8.78 Å². The third kappa shape index (κ3) is 6.63. The average molecular weight is 955 g/mol. The van der Waals surface area contributed by atoms with Gasteiger partial charge in [0.1, 0.15) is 17.3 Å². The fraction of sp³-hybridized carbons (Fsp3) is 0.182. The van der Waals surface area contributed by atoms with Gasteiger partial charge in [0.05, 0.1) is 22.4 Å². The molecule has 2 aromatic heterocycles. The zero-order valence-corrected chi connectivity index (χ0v) is 43.2. The molecule has 0 radical (unpaired) electrons. The maximum atomic E-state index is 17.4. The third-order valence-corrected chi connectivity index (χ3v) is 15.8. The lowest BCUT2D eigenvalue weighted by Gasteiger charge is -2.46. The highest BCUT2D eigenvalue weighted by Gasteiger charge is 2.47. The van der Waals surface area contributed by atoms with Crippen molar-refractivity contribution in [2.24, 2.45) is 7.05 Å². The van der Waals surface area contributed by atoms with Crippen LogP contribution in [-0.2, 0) is 17.9 Å². The number of hydrogen-bond acceptors (Lipinski definition) is 2. The number of rotatable bonds is 4. The third-order valence-electron chi connectivity index (χ3n) is 15.8. The molecule has 4 nitrogen and oxygen atoms in total. The molecule has 0 fully saturated rings. The summed E-state index contributed by atoms with van der Waals surface area (Å²) in [6.45, 7) is 19.7. The molecule has 0 saturated carbocycles. The predicted octanol–water partition coefficient (Wildman–Crippen LogP) is 16.0. The zero-order valence-electron chi connectivity index (χ0n) is 43.2. The number of halogens is 2. The van der Waals surface area contributed by atoms with Crippen LogP contribution < -0.4 is 26.2 Å². The second-order valence-electron chi connectivity index (χ2n) is 22.8. The maximum Gasteiger partial charge on any atom is 0.254 e. The quantitative estimate of drug-likeness (QED) is 0.163. The summed E-state index contributed by atoms with van der Waals surface area (Å²) in [6, 6.07) is 57.6. The average Bonchev–Trinajstić information content (AvgIpc) is 3.85. The van der Waals surface area contributed by atoms with Crippen LogP contribution >= 0.6 is 0 Å². The topological polar surface area (TPSA) is 16.3 Å². The zero-order chi connectivity index (χ0) is 50.6. The van der Waals surface area contributed by atoms with Crippen LogP contribution in [0.1, 0.15) is 69.4 Å². The predicted molar refractivity (Wildman–Crippen MR) is 306 cm³/mol. The Morgan fingerprint density at radius 2 is 1.00 bits per heavy atom. The van der Waals surface area contributed by atoms with Gasteiger partial charge in [-0.3, -0.25) is 0 Å². The molecule has 7 heteroatoms. The summed E-state index contributed by atoms with van der Waals surface area (Å²) in [5.41, 5.74) is 20.3. The van der Waals surface area contributed by atoms with E-state index in [-0.39, 0.29) is 23.2 Å². The molecule has 0 N–H and O–H groups in total. The molecule has 4 heterocycles. The fourth-order valence-corrected chi connectivity index (χ4v) is 12.5. The Balaban J connectivity index is 1.26. The minimum Gasteiger partial charge on any atom is -0.344 e. The van der Waals surface area contributed by atoms with E-state index in [1.165, 1.54) is 34.9 Å². The first kappa shape index (κ1) is 45.0. The molecule has 2 aliphatic heterocycles. The molecule has 2 aliphatic rings. The van der Waals surface area contributed by atoms with Crippen molar-refractivity contribution in [2.45, 2.75) is 73.1 Å². The van der Waals surface area contributed by atoms with Gasteiger partial charge in [-0.05, 0) is 131 Å². The Hall–Kier alpha value is -7.90. The van der Waals surface area contributed by atoms with Crippen molar-refractivity contribution in [3.63, 3.8) is 0 Å². The number of benzene rings is 9. The van der Waals surface area contributed by atoms with E-state index < -0.39 is 11.6 Å². The maximum absolute atomic E-state index is 17.4. The normalized spacial score (nSPS) is 13.4. The molecule has 0 unspecified atom stereocenters. The molecule has 0 bridgehead atoms. The molecule has 13 rings (SSSR count). The Bertz CT molecular complexity index is 4070. The van der Waals surface area contributed by atoms with Gasteiger partial charge >= 0.3 is 0 Å². The van der Waals surface area contributed by atoms with Crippen molar-refractivity contribution in [3.8, 4) is 16.8 Å². The van der Waals surface area contributed by atoms with Gasteiger partial charge in [0, 0.05) is 67.9 Å². The summed E-state index contributed by atoms with van der Waals surface area (Å²) >= 11 is 0.